The summed E-state index contributed by atoms with van der Waals surface area (Å²) in [4.78, 5) is 0. The van der Waals surface area contributed by atoms with Crippen molar-refractivity contribution in [3.05, 3.63) is 146 Å². The maximum absolute atomic E-state index is 6.48. The van der Waals surface area contributed by atoms with E-state index in [1.807, 2.05) is 11.3 Å². The van der Waals surface area contributed by atoms with Gasteiger partial charge in [-0.2, -0.15) is 0 Å². The van der Waals surface area contributed by atoms with Gasteiger partial charge in [-0.25, -0.2) is 0 Å². The first kappa shape index (κ1) is 25.3. The van der Waals surface area contributed by atoms with Gasteiger partial charge >= 0.3 is 0 Å². The third-order valence-corrected chi connectivity index (χ3v) is 11.0. The molecule has 0 bridgehead atoms. The molecule has 11 rings (SSSR count). The Balaban J connectivity index is 1.03. The molecule has 0 radical (unpaired) electrons. The highest BCUT2D eigenvalue weighted by atomic mass is 32.1. The predicted octanol–water partition coefficient (Wildman–Crippen LogP) is 13.4. The van der Waals surface area contributed by atoms with Crippen LogP contribution in [0, 0.1) is 0 Å². The van der Waals surface area contributed by atoms with Gasteiger partial charge in [-0.15, -0.1) is 11.3 Å². The molecule has 0 spiro atoms. The molecule has 0 unspecified atom stereocenters. The van der Waals surface area contributed by atoms with Gasteiger partial charge in [0, 0.05) is 47.3 Å². The third-order valence-electron chi connectivity index (χ3n) is 9.86. The molecule has 0 fully saturated rings. The van der Waals surface area contributed by atoms with Crippen molar-refractivity contribution in [1.82, 2.24) is 0 Å². The van der Waals surface area contributed by atoms with E-state index in [4.69, 9.17) is 9.15 Å². The number of furan rings is 1. The zero-order chi connectivity index (χ0) is 30.6. The lowest BCUT2D eigenvalue weighted by Crippen LogP contribution is -1.97. The van der Waals surface area contributed by atoms with Crippen LogP contribution < -0.4 is 4.74 Å². The van der Waals surface area contributed by atoms with Gasteiger partial charge in [-0.05, 0) is 81.1 Å². The van der Waals surface area contributed by atoms with Crippen molar-refractivity contribution < 1.29 is 9.15 Å². The molecule has 0 amide bonds. The molecule has 218 valence electrons. The average molecular weight is 617 g/mol. The molecule has 0 N–H and O–H groups in total. The summed E-state index contributed by atoms with van der Waals surface area (Å²) in [5, 5.41) is 9.64. The van der Waals surface area contributed by atoms with Gasteiger partial charge in [0.05, 0.1) is 0 Å². The summed E-state index contributed by atoms with van der Waals surface area (Å²) in [5.74, 6) is 1.83. The second kappa shape index (κ2) is 9.32. The predicted molar refractivity (Wildman–Crippen MR) is 198 cm³/mol. The second-order valence-electron chi connectivity index (χ2n) is 12.4. The Hall–Kier alpha value is -5.90. The first-order chi connectivity index (χ1) is 23.3. The minimum atomic E-state index is 0.907. The van der Waals surface area contributed by atoms with Gasteiger partial charge in [0.1, 0.15) is 22.7 Å². The van der Waals surface area contributed by atoms with Crippen LogP contribution in [0.3, 0.4) is 0 Å². The Kier molecular flexibility index (Phi) is 5.02. The summed E-state index contributed by atoms with van der Waals surface area (Å²) < 4.78 is 15.4. The van der Waals surface area contributed by atoms with E-state index in [1.54, 1.807) is 0 Å². The molecule has 0 saturated carbocycles. The summed E-state index contributed by atoms with van der Waals surface area (Å²) in [7, 11) is 0. The van der Waals surface area contributed by atoms with Crippen molar-refractivity contribution in [2.75, 3.05) is 0 Å². The molecule has 8 aromatic carbocycles. The number of rotatable bonds is 2. The highest BCUT2D eigenvalue weighted by Gasteiger charge is 2.21. The fourth-order valence-corrected chi connectivity index (χ4v) is 8.85. The topological polar surface area (TPSA) is 22.4 Å². The Morgan fingerprint density at radius 1 is 0.404 bits per heavy atom. The number of thiophene rings is 1. The van der Waals surface area contributed by atoms with Crippen molar-refractivity contribution in [1.29, 1.82) is 0 Å². The zero-order valence-corrected chi connectivity index (χ0v) is 25.9. The van der Waals surface area contributed by atoms with E-state index in [-0.39, 0.29) is 0 Å². The monoisotopic (exact) mass is 616 g/mol. The lowest BCUT2D eigenvalue weighted by Gasteiger charge is -2.22. The van der Waals surface area contributed by atoms with Crippen molar-refractivity contribution in [3.8, 4) is 44.9 Å². The van der Waals surface area contributed by atoms with E-state index in [1.165, 1.54) is 69.5 Å². The summed E-state index contributed by atoms with van der Waals surface area (Å²) in [6, 6.07) is 52.4. The third kappa shape index (κ3) is 3.60. The summed E-state index contributed by atoms with van der Waals surface area (Å²) in [6.07, 6.45) is 0. The molecule has 1 aliphatic heterocycles. The largest absolute Gasteiger partial charge is 0.456 e. The van der Waals surface area contributed by atoms with Crippen molar-refractivity contribution in [2.24, 2.45) is 0 Å². The smallest absolute Gasteiger partial charge is 0.143 e. The number of hydrogen-bond acceptors (Lipinski definition) is 3. The highest BCUT2D eigenvalue weighted by molar-refractivity contribution is 7.25. The standard InChI is InChI=1S/C44H24O2S/c1-2-9-31-25(6-1)14-20-35-43-30(10-5-13-39(43)46-44(31)35)29-16-19-33-32-18-15-28(23-40(32)47-41(33)24-29)27-17-21-37-36(22-27)34-11-3-7-26-8-4-12-38(45-37)42(26)34/h1-24H. The Labute approximate surface area is 273 Å². The van der Waals surface area contributed by atoms with E-state index in [0.717, 1.165) is 39.0 Å². The molecule has 0 saturated heterocycles. The van der Waals surface area contributed by atoms with Crippen LogP contribution in [-0.2, 0) is 0 Å². The van der Waals surface area contributed by atoms with Crippen LogP contribution in [0.5, 0.6) is 11.5 Å². The first-order valence-electron chi connectivity index (χ1n) is 15.9. The Morgan fingerprint density at radius 2 is 1.11 bits per heavy atom. The second-order valence-corrected chi connectivity index (χ2v) is 13.5. The first-order valence-corrected chi connectivity index (χ1v) is 16.7. The van der Waals surface area contributed by atoms with Crippen molar-refractivity contribution >= 4 is 75.0 Å². The van der Waals surface area contributed by atoms with Gasteiger partial charge in [0.15, 0.2) is 0 Å². The summed E-state index contributed by atoms with van der Waals surface area (Å²) >= 11 is 1.86. The molecule has 1 aliphatic rings. The van der Waals surface area contributed by atoms with Gasteiger partial charge in [0.25, 0.3) is 0 Å². The number of ether oxygens (including phenoxy) is 1. The molecule has 10 aromatic rings. The summed E-state index contributed by atoms with van der Waals surface area (Å²) in [5.41, 5.74) is 9.04. The van der Waals surface area contributed by atoms with Crippen molar-refractivity contribution in [3.63, 3.8) is 0 Å². The zero-order valence-electron chi connectivity index (χ0n) is 25.1. The number of benzene rings is 8. The fourth-order valence-electron chi connectivity index (χ4n) is 7.66. The molecule has 2 nitrogen and oxygen atoms in total. The molecule has 47 heavy (non-hydrogen) atoms. The van der Waals surface area contributed by atoms with Crippen LogP contribution in [-0.4, -0.2) is 0 Å². The fraction of sp³-hybridized carbons (Fsp3) is 0. The molecule has 3 heterocycles. The van der Waals surface area contributed by atoms with E-state index in [0.29, 0.717) is 0 Å². The minimum absolute atomic E-state index is 0.907. The van der Waals surface area contributed by atoms with Crippen LogP contribution in [0.15, 0.2) is 150 Å². The lowest BCUT2D eigenvalue weighted by molar-refractivity contribution is 0.487. The van der Waals surface area contributed by atoms with Crippen LogP contribution >= 0.6 is 11.3 Å². The number of hydrogen-bond donors (Lipinski definition) is 0. The Bertz CT molecular complexity index is 2940. The van der Waals surface area contributed by atoms with Gasteiger partial charge in [-0.1, -0.05) is 103 Å². The minimum Gasteiger partial charge on any atom is -0.456 e. The maximum Gasteiger partial charge on any atom is 0.143 e. The lowest BCUT2D eigenvalue weighted by atomic mass is 9.92. The summed E-state index contributed by atoms with van der Waals surface area (Å²) in [6.45, 7) is 0. The van der Waals surface area contributed by atoms with E-state index < -0.39 is 0 Å². The molecule has 0 atom stereocenters. The molecule has 3 heteroatoms. The van der Waals surface area contributed by atoms with Crippen LogP contribution in [0.2, 0.25) is 0 Å². The van der Waals surface area contributed by atoms with Crippen molar-refractivity contribution in [2.45, 2.75) is 0 Å². The molecular formula is C44H24O2S. The SMILES string of the molecule is c1cc2c3c(cccc3c1)-c1cc(-c3ccc4c(c3)sc3cc(-c5cccc6oc7c8ccccc8ccc7c56)ccc34)ccc1O2. The van der Waals surface area contributed by atoms with Crippen LogP contribution in [0.1, 0.15) is 0 Å². The maximum atomic E-state index is 6.48. The van der Waals surface area contributed by atoms with Crippen LogP contribution in [0.25, 0.3) is 97.0 Å². The van der Waals surface area contributed by atoms with Gasteiger partial charge in [0.2, 0.25) is 0 Å². The average Bonchev–Trinajstić information content (AvgIpc) is 3.69. The molecule has 2 aromatic heterocycles. The highest BCUT2D eigenvalue weighted by Crippen LogP contribution is 2.48. The van der Waals surface area contributed by atoms with E-state index in [9.17, 15) is 0 Å². The normalized spacial score (nSPS) is 12.4. The molecular weight excluding hydrogens is 593 g/mol. The van der Waals surface area contributed by atoms with E-state index >= 15 is 0 Å². The van der Waals surface area contributed by atoms with E-state index in [2.05, 4.69) is 146 Å². The Morgan fingerprint density at radius 3 is 2.02 bits per heavy atom. The van der Waals surface area contributed by atoms with Crippen LogP contribution in [0.4, 0.5) is 0 Å². The molecule has 0 aliphatic carbocycles. The van der Waals surface area contributed by atoms with Gasteiger partial charge in [-0.3, -0.25) is 0 Å². The quantitative estimate of drug-likeness (QED) is 0.193. The number of fused-ring (bicyclic) bond motifs is 10. The van der Waals surface area contributed by atoms with Gasteiger partial charge < -0.3 is 9.15 Å².